The molecule has 2 aromatic rings. The first-order valence-corrected chi connectivity index (χ1v) is 16.1. The first-order chi connectivity index (χ1) is 20.7. The number of likely N-dealkylation sites (tertiary alicyclic amines) is 1. The number of amides is 2. The number of thioether (sulfide) groups is 1. The van der Waals surface area contributed by atoms with Gasteiger partial charge in [0.25, 0.3) is 0 Å². The highest BCUT2D eigenvalue weighted by molar-refractivity contribution is 7.99. The van der Waals surface area contributed by atoms with Gasteiger partial charge < -0.3 is 26.0 Å². The number of guanidine groups is 1. The number of hydrogen-bond donors (Lipinski definition) is 3. The minimum absolute atomic E-state index is 0.179. The smallest absolute Gasteiger partial charge is 0.315 e. The van der Waals surface area contributed by atoms with Crippen LogP contribution in [-0.2, 0) is 9.53 Å². The van der Waals surface area contributed by atoms with Crippen LogP contribution < -0.4 is 16.4 Å². The largest absolute Gasteiger partial charge is 0.466 e. The molecule has 1 aromatic carbocycles. The van der Waals surface area contributed by atoms with E-state index in [2.05, 4.69) is 32.3 Å². The number of nitrogens with zero attached hydrogens (tertiary/aromatic N) is 4. The molecule has 1 aliphatic heterocycles. The fourth-order valence-electron chi connectivity index (χ4n) is 4.09. The van der Waals surface area contributed by atoms with E-state index in [0.29, 0.717) is 67.2 Å². The van der Waals surface area contributed by atoms with Crippen LogP contribution in [0, 0.1) is 5.41 Å². The minimum Gasteiger partial charge on any atom is -0.466 e. The molecule has 1 aliphatic rings. The molecule has 1 aromatic heterocycles. The number of carbonyl (C=O) groups excluding carboxylic acids is 2. The van der Waals surface area contributed by atoms with Gasteiger partial charge in [0.15, 0.2) is 5.96 Å². The zero-order chi connectivity index (χ0) is 32.4. The molecule has 1 fully saturated rings. The number of carbonyl (C=O) groups is 2. The van der Waals surface area contributed by atoms with Gasteiger partial charge in [-0.15, -0.1) is 11.8 Å². The first kappa shape index (κ1) is 37.5. The van der Waals surface area contributed by atoms with E-state index in [1.54, 1.807) is 12.3 Å². The molecule has 12 heteroatoms. The predicted molar refractivity (Wildman–Crippen MR) is 183 cm³/mol. The van der Waals surface area contributed by atoms with E-state index in [1.165, 1.54) is 11.8 Å². The number of aliphatic imine (C=N–C) groups is 2. The van der Waals surface area contributed by atoms with Crippen molar-refractivity contribution in [3.05, 3.63) is 42.1 Å². The number of aromatic nitrogens is 1. The van der Waals surface area contributed by atoms with Gasteiger partial charge in [-0.25, -0.2) is 9.79 Å². The molecule has 43 heavy (non-hydrogen) atoms. The lowest BCUT2D eigenvalue weighted by Gasteiger charge is -2.37. The number of thiocarbonyl (C=S) groups is 1. The highest BCUT2D eigenvalue weighted by Gasteiger charge is 2.38. The summed E-state index contributed by atoms with van der Waals surface area (Å²) in [7, 11) is 0. The summed E-state index contributed by atoms with van der Waals surface area (Å²) in [6.45, 7) is 19.4. The van der Waals surface area contributed by atoms with Crippen molar-refractivity contribution in [1.29, 1.82) is 0 Å². The Morgan fingerprint density at radius 1 is 1.16 bits per heavy atom. The van der Waals surface area contributed by atoms with Crippen molar-refractivity contribution in [2.75, 3.05) is 32.1 Å². The van der Waals surface area contributed by atoms with Gasteiger partial charge in [0.05, 0.1) is 29.3 Å². The van der Waals surface area contributed by atoms with E-state index in [-0.39, 0.29) is 12.0 Å². The lowest BCUT2D eigenvalue weighted by molar-refractivity contribution is -0.156. The second kappa shape index (κ2) is 19.6. The predicted octanol–water partition coefficient (Wildman–Crippen LogP) is 6.16. The molecule has 0 unspecified atom stereocenters. The maximum absolute atomic E-state index is 12.4. The van der Waals surface area contributed by atoms with Gasteiger partial charge in [0.1, 0.15) is 4.99 Å². The Kier molecular flexibility index (Phi) is 17.1. The monoisotopic (exact) mass is 629 g/mol. The molecule has 4 N–H and O–H groups in total. The maximum atomic E-state index is 12.4. The summed E-state index contributed by atoms with van der Waals surface area (Å²) in [5.41, 5.74) is 8.57. The molecule has 236 valence electrons. The van der Waals surface area contributed by atoms with Crippen LogP contribution in [0.1, 0.15) is 66.9 Å². The molecule has 0 saturated carbocycles. The molecular formula is C31H47N7O3S2. The van der Waals surface area contributed by atoms with Crippen molar-refractivity contribution in [3.63, 3.8) is 0 Å². The Hall–Kier alpha value is -3.51. The number of piperidine rings is 1. The van der Waals surface area contributed by atoms with E-state index in [9.17, 15) is 9.59 Å². The van der Waals surface area contributed by atoms with Crippen LogP contribution in [0.15, 0.2) is 51.4 Å². The summed E-state index contributed by atoms with van der Waals surface area (Å²) in [6, 6.07) is 9.08. The van der Waals surface area contributed by atoms with Crippen LogP contribution >= 0.6 is 24.0 Å². The molecule has 0 aliphatic carbocycles. The summed E-state index contributed by atoms with van der Waals surface area (Å²) >= 11 is 7.09. The number of esters is 1. The second-order valence-electron chi connectivity index (χ2n) is 9.11. The van der Waals surface area contributed by atoms with Gasteiger partial charge >= 0.3 is 12.0 Å². The number of benzene rings is 1. The molecule has 2 heterocycles. The number of rotatable bonds is 9. The highest BCUT2D eigenvalue weighted by Crippen LogP contribution is 2.39. The molecule has 0 bridgehead atoms. The average molecular weight is 630 g/mol. The Morgan fingerprint density at radius 3 is 2.40 bits per heavy atom. The third-order valence-corrected chi connectivity index (χ3v) is 7.72. The Bertz CT molecular complexity index is 1230. The maximum Gasteiger partial charge on any atom is 0.315 e. The van der Waals surface area contributed by atoms with Crippen LogP contribution in [0.5, 0.6) is 0 Å². The first-order valence-electron chi connectivity index (χ1n) is 14.7. The standard InChI is InChI=1S/C27H35N7O3S2.2C2H6/c1-5-30-26(36)32-17-39-22-19(20-9-7-8-12-31-20)15-18(16-21(22)29-4)23(38)33-25(28)34-13-10-27(3,11-14-34)24(35)37-6-2;2*1-2/h7-9,12,15-16H,4-6,10-11,13-14,17H2,1-3H3,(H2,28,33,38)(H2,30,32,36);2*1-2H3. The third-order valence-electron chi connectivity index (χ3n) is 6.39. The van der Waals surface area contributed by atoms with Crippen molar-refractivity contribution in [2.45, 2.75) is 66.2 Å². The molecule has 0 atom stereocenters. The topological polar surface area (TPSA) is 134 Å². The molecule has 0 spiro atoms. The Morgan fingerprint density at radius 2 is 1.84 bits per heavy atom. The van der Waals surface area contributed by atoms with E-state index in [0.717, 1.165) is 16.2 Å². The Balaban J connectivity index is 0.00000221. The summed E-state index contributed by atoms with van der Waals surface area (Å²) in [6.07, 6.45) is 2.93. The second-order valence-corrected chi connectivity index (χ2v) is 10.5. The van der Waals surface area contributed by atoms with Crippen molar-refractivity contribution in [2.24, 2.45) is 21.1 Å². The molecule has 2 amide bonds. The highest BCUT2D eigenvalue weighted by atomic mass is 32.2. The van der Waals surface area contributed by atoms with Gasteiger partial charge in [-0.3, -0.25) is 14.8 Å². The van der Waals surface area contributed by atoms with Crippen LogP contribution in [0.25, 0.3) is 11.3 Å². The van der Waals surface area contributed by atoms with Crippen molar-refractivity contribution in [1.82, 2.24) is 20.5 Å². The van der Waals surface area contributed by atoms with E-state index in [4.69, 9.17) is 22.7 Å². The molecule has 1 saturated heterocycles. The average Bonchev–Trinajstić information content (AvgIpc) is 3.03. The quantitative estimate of drug-likeness (QED) is 0.0750. The molecular weight excluding hydrogens is 583 g/mol. The fraction of sp³-hybridized carbons (Fsp3) is 0.484. The van der Waals surface area contributed by atoms with Crippen molar-refractivity contribution >= 4 is 59.3 Å². The molecule has 0 radical (unpaired) electrons. The van der Waals surface area contributed by atoms with E-state index in [1.807, 2.05) is 77.6 Å². The van der Waals surface area contributed by atoms with Crippen LogP contribution in [0.3, 0.4) is 0 Å². The van der Waals surface area contributed by atoms with Crippen molar-refractivity contribution < 1.29 is 14.3 Å². The van der Waals surface area contributed by atoms with Crippen LogP contribution in [0.2, 0.25) is 0 Å². The number of urea groups is 1. The number of ether oxygens (including phenoxy) is 1. The van der Waals surface area contributed by atoms with E-state index < -0.39 is 5.41 Å². The summed E-state index contributed by atoms with van der Waals surface area (Å²) < 4.78 is 5.24. The fourth-order valence-corrected chi connectivity index (χ4v) is 5.24. The van der Waals surface area contributed by atoms with Gasteiger partial charge in [0, 0.05) is 41.9 Å². The third kappa shape index (κ3) is 10.9. The SMILES string of the molecule is C=Nc1cc(C(=S)N=C(N)N2CCC(C)(C(=O)OCC)CC2)cc(-c2ccccn2)c1SCNC(=O)NCC.CC.CC. The molecule has 3 rings (SSSR count). The van der Waals surface area contributed by atoms with Gasteiger partial charge in [-0.05, 0) is 64.6 Å². The number of hydrogen-bond acceptors (Lipinski definition) is 7. The Labute approximate surface area is 266 Å². The van der Waals surface area contributed by atoms with Crippen LogP contribution in [-0.4, -0.2) is 71.7 Å². The summed E-state index contributed by atoms with van der Waals surface area (Å²) in [4.78, 5) is 40.5. The van der Waals surface area contributed by atoms with Crippen LogP contribution in [0.4, 0.5) is 10.5 Å². The van der Waals surface area contributed by atoms with Gasteiger partial charge in [-0.2, -0.15) is 0 Å². The van der Waals surface area contributed by atoms with Crippen molar-refractivity contribution in [3.8, 4) is 11.3 Å². The summed E-state index contributed by atoms with van der Waals surface area (Å²) in [5.74, 6) is 0.437. The zero-order valence-electron chi connectivity index (χ0n) is 26.5. The summed E-state index contributed by atoms with van der Waals surface area (Å²) in [5, 5.41) is 5.52. The van der Waals surface area contributed by atoms with Gasteiger partial charge in [-0.1, -0.05) is 46.0 Å². The van der Waals surface area contributed by atoms with Gasteiger partial charge in [0.2, 0.25) is 0 Å². The lowest BCUT2D eigenvalue weighted by Crippen LogP contribution is -2.48. The number of nitrogens with one attached hydrogen (secondary N) is 2. The number of pyridine rings is 1. The number of nitrogens with two attached hydrogens (primary N) is 1. The van der Waals surface area contributed by atoms with E-state index >= 15 is 0 Å². The zero-order valence-corrected chi connectivity index (χ0v) is 28.2. The lowest BCUT2D eigenvalue weighted by atomic mass is 9.80. The molecule has 10 nitrogen and oxygen atoms in total. The normalized spacial score (nSPS) is 13.7. The minimum atomic E-state index is -0.533.